The first-order valence-electron chi connectivity index (χ1n) is 8.02. The number of fused-ring (bicyclic) bond motifs is 1. The molecule has 3 rings (SSSR count). The molecule has 1 heterocycles. The highest BCUT2D eigenvalue weighted by atomic mass is 32.1. The van der Waals surface area contributed by atoms with Gasteiger partial charge in [0.05, 0.1) is 5.56 Å². The van der Waals surface area contributed by atoms with Crippen LogP contribution in [0, 0.1) is 0 Å². The smallest absolute Gasteiger partial charge is 0.335 e. The van der Waals surface area contributed by atoms with Crippen molar-refractivity contribution in [3.63, 3.8) is 0 Å². The predicted molar refractivity (Wildman–Crippen MR) is 97.2 cm³/mol. The van der Waals surface area contributed by atoms with Crippen molar-refractivity contribution in [3.8, 4) is 0 Å². The van der Waals surface area contributed by atoms with E-state index in [2.05, 4.69) is 32.9 Å². The van der Waals surface area contributed by atoms with Gasteiger partial charge in [-0.05, 0) is 66.5 Å². The van der Waals surface area contributed by atoms with Crippen molar-refractivity contribution >= 4 is 29.0 Å². The molecule has 1 aromatic carbocycles. The summed E-state index contributed by atoms with van der Waals surface area (Å²) >= 11 is 1.91. The van der Waals surface area contributed by atoms with Crippen LogP contribution in [0.4, 0.5) is 0 Å². The van der Waals surface area contributed by atoms with E-state index in [-0.39, 0.29) is 5.41 Å². The Morgan fingerprint density at radius 2 is 1.96 bits per heavy atom. The third-order valence-corrected chi connectivity index (χ3v) is 6.00. The lowest BCUT2D eigenvalue weighted by atomic mass is 9.76. The van der Waals surface area contributed by atoms with Crippen LogP contribution in [0.25, 0.3) is 11.6 Å². The number of rotatable bonds is 3. The molecule has 0 bridgehead atoms. The number of allylic oxidation sites excluding steroid dienone is 1. The number of aromatic carboxylic acids is 1. The molecule has 1 N–H and O–H groups in total. The van der Waals surface area contributed by atoms with Gasteiger partial charge in [-0.2, -0.15) is 0 Å². The minimum Gasteiger partial charge on any atom is -0.478 e. The molecule has 0 saturated carbocycles. The van der Waals surface area contributed by atoms with Crippen LogP contribution in [-0.2, 0) is 11.8 Å². The first-order chi connectivity index (χ1) is 10.9. The molecule has 0 amide bonds. The lowest BCUT2D eigenvalue weighted by molar-refractivity contribution is 0.0697. The maximum atomic E-state index is 10.9. The average molecular weight is 326 g/mol. The first-order valence-corrected chi connectivity index (χ1v) is 8.84. The second-order valence-electron chi connectivity index (χ2n) is 6.94. The molecule has 0 radical (unpaired) electrons. The van der Waals surface area contributed by atoms with Crippen molar-refractivity contribution in [1.29, 1.82) is 0 Å². The Morgan fingerprint density at radius 1 is 1.26 bits per heavy atom. The number of hydrogen-bond acceptors (Lipinski definition) is 2. The van der Waals surface area contributed by atoms with Crippen molar-refractivity contribution in [2.75, 3.05) is 0 Å². The number of carbonyl (C=O) groups is 1. The van der Waals surface area contributed by atoms with E-state index in [1.807, 2.05) is 23.5 Å². The largest absolute Gasteiger partial charge is 0.478 e. The van der Waals surface area contributed by atoms with Crippen LogP contribution in [-0.4, -0.2) is 11.1 Å². The third-order valence-electron chi connectivity index (χ3n) is 4.67. The van der Waals surface area contributed by atoms with Crippen molar-refractivity contribution < 1.29 is 9.90 Å². The van der Waals surface area contributed by atoms with E-state index in [0.29, 0.717) is 5.56 Å². The number of benzene rings is 1. The minimum absolute atomic E-state index is 0.283. The molecule has 1 aliphatic rings. The Morgan fingerprint density at radius 3 is 2.57 bits per heavy atom. The zero-order valence-corrected chi connectivity index (χ0v) is 14.7. The van der Waals surface area contributed by atoms with Gasteiger partial charge in [-0.3, -0.25) is 0 Å². The summed E-state index contributed by atoms with van der Waals surface area (Å²) in [6, 6.07) is 9.40. The third kappa shape index (κ3) is 3.25. The molecule has 1 aromatic heterocycles. The van der Waals surface area contributed by atoms with Crippen LogP contribution >= 0.6 is 11.3 Å². The quantitative estimate of drug-likeness (QED) is 0.794. The Balaban J connectivity index is 1.90. The zero-order valence-electron chi connectivity index (χ0n) is 13.8. The van der Waals surface area contributed by atoms with E-state index in [0.717, 1.165) is 5.56 Å². The molecule has 3 heteroatoms. The fraction of sp³-hybridized carbons (Fsp3) is 0.350. The fourth-order valence-electron chi connectivity index (χ4n) is 3.25. The van der Waals surface area contributed by atoms with Crippen LogP contribution in [0.2, 0.25) is 0 Å². The van der Waals surface area contributed by atoms with E-state index >= 15 is 0 Å². The van der Waals surface area contributed by atoms with Gasteiger partial charge in [0.2, 0.25) is 0 Å². The van der Waals surface area contributed by atoms with Gasteiger partial charge in [-0.1, -0.05) is 32.1 Å². The molecular weight excluding hydrogens is 304 g/mol. The number of hydrogen-bond donors (Lipinski definition) is 1. The molecule has 0 fully saturated rings. The number of aryl methyl sites for hydroxylation is 1. The fourth-order valence-corrected chi connectivity index (χ4v) is 4.60. The lowest BCUT2D eigenvalue weighted by Gasteiger charge is -2.29. The van der Waals surface area contributed by atoms with Crippen molar-refractivity contribution in [3.05, 3.63) is 56.8 Å². The minimum atomic E-state index is -0.884. The maximum Gasteiger partial charge on any atom is 0.335 e. The standard InChI is InChI=1S/C20H22O2S/c1-13(11-14-6-8-15(9-7-14)19(21)22)18-12-16-17(23-18)5-4-10-20(16,2)3/h6-9,11-12H,4-5,10H2,1-3H3,(H,21,22)/b13-11+. The van der Waals surface area contributed by atoms with Gasteiger partial charge in [0, 0.05) is 9.75 Å². The van der Waals surface area contributed by atoms with Crippen LogP contribution in [0.3, 0.4) is 0 Å². The first kappa shape index (κ1) is 16.0. The Bertz CT molecular complexity index is 763. The molecule has 0 aliphatic heterocycles. The predicted octanol–water partition coefficient (Wildman–Crippen LogP) is 5.62. The van der Waals surface area contributed by atoms with E-state index in [9.17, 15) is 4.79 Å². The van der Waals surface area contributed by atoms with Crippen molar-refractivity contribution in [2.45, 2.75) is 45.4 Å². The highest BCUT2D eigenvalue weighted by Gasteiger charge is 2.29. The van der Waals surface area contributed by atoms with E-state index in [1.54, 1.807) is 12.1 Å². The molecule has 0 spiro atoms. The summed E-state index contributed by atoms with van der Waals surface area (Å²) in [7, 11) is 0. The Hall–Kier alpha value is -1.87. The van der Waals surface area contributed by atoms with Gasteiger partial charge in [-0.25, -0.2) is 4.79 Å². The Kier molecular flexibility index (Phi) is 4.15. The van der Waals surface area contributed by atoms with E-state index < -0.39 is 5.97 Å². The summed E-state index contributed by atoms with van der Waals surface area (Å²) in [5.41, 5.74) is 4.40. The maximum absolute atomic E-state index is 10.9. The molecular formula is C20H22O2S. The molecule has 2 aromatic rings. The van der Waals surface area contributed by atoms with Crippen LogP contribution in [0.15, 0.2) is 30.3 Å². The topological polar surface area (TPSA) is 37.3 Å². The van der Waals surface area contributed by atoms with Gasteiger partial charge in [0.25, 0.3) is 0 Å². The van der Waals surface area contributed by atoms with Crippen LogP contribution in [0.5, 0.6) is 0 Å². The second kappa shape index (κ2) is 5.97. The molecule has 0 unspecified atom stereocenters. The summed E-state index contributed by atoms with van der Waals surface area (Å²) < 4.78 is 0. The van der Waals surface area contributed by atoms with Crippen molar-refractivity contribution in [2.24, 2.45) is 0 Å². The second-order valence-corrected chi connectivity index (χ2v) is 8.08. The van der Waals surface area contributed by atoms with Crippen LogP contribution in [0.1, 0.15) is 64.9 Å². The molecule has 23 heavy (non-hydrogen) atoms. The van der Waals surface area contributed by atoms with Gasteiger partial charge in [0.15, 0.2) is 0 Å². The number of carboxylic acid groups (broad SMARTS) is 1. The highest BCUT2D eigenvalue weighted by Crippen LogP contribution is 2.42. The van der Waals surface area contributed by atoms with Gasteiger partial charge < -0.3 is 5.11 Å². The number of thiophene rings is 1. The molecule has 2 nitrogen and oxygen atoms in total. The Labute approximate surface area is 141 Å². The zero-order chi connectivity index (χ0) is 16.6. The molecule has 120 valence electrons. The molecule has 0 saturated heterocycles. The van der Waals surface area contributed by atoms with E-state index in [4.69, 9.17) is 5.11 Å². The monoisotopic (exact) mass is 326 g/mol. The summed E-state index contributed by atoms with van der Waals surface area (Å²) in [5.74, 6) is -0.884. The van der Waals surface area contributed by atoms with Gasteiger partial charge in [-0.15, -0.1) is 11.3 Å². The average Bonchev–Trinajstić information content (AvgIpc) is 2.93. The molecule has 0 atom stereocenters. The highest BCUT2D eigenvalue weighted by molar-refractivity contribution is 7.13. The van der Waals surface area contributed by atoms with Crippen LogP contribution < -0.4 is 0 Å². The summed E-state index contributed by atoms with van der Waals surface area (Å²) in [6.45, 7) is 6.81. The summed E-state index contributed by atoms with van der Waals surface area (Å²) in [5, 5.41) is 8.96. The van der Waals surface area contributed by atoms with E-state index in [1.165, 1.54) is 40.2 Å². The van der Waals surface area contributed by atoms with Gasteiger partial charge >= 0.3 is 5.97 Å². The van der Waals surface area contributed by atoms with Crippen molar-refractivity contribution in [1.82, 2.24) is 0 Å². The normalized spacial score (nSPS) is 16.9. The molecule has 1 aliphatic carbocycles. The van der Waals surface area contributed by atoms with Gasteiger partial charge in [0.1, 0.15) is 0 Å². The lowest BCUT2D eigenvalue weighted by Crippen LogP contribution is -2.21. The SMILES string of the molecule is C/C(=C\c1ccc(C(=O)O)cc1)c1cc2c(s1)CCCC2(C)C. The summed E-state index contributed by atoms with van der Waals surface area (Å²) in [4.78, 5) is 13.8. The summed E-state index contributed by atoms with van der Waals surface area (Å²) in [6.07, 6.45) is 5.87. The number of carboxylic acids is 1.